The monoisotopic (exact) mass is 419 g/mol. The molecule has 3 rings (SSSR count). The Balaban J connectivity index is 1.89. The largest absolute Gasteiger partial charge is 0.462 e. The van der Waals surface area contributed by atoms with Gasteiger partial charge >= 0.3 is 6.55 Å². The summed E-state index contributed by atoms with van der Waals surface area (Å²) in [5.74, 6) is -0.671. The van der Waals surface area contributed by atoms with E-state index in [-0.39, 0.29) is 35.5 Å². The number of alkyl halides is 3. The number of hydrogen-bond donors (Lipinski definition) is 2. The van der Waals surface area contributed by atoms with Crippen LogP contribution in [0, 0.1) is 5.82 Å². The van der Waals surface area contributed by atoms with E-state index in [1.165, 1.54) is 26.0 Å². The van der Waals surface area contributed by atoms with Gasteiger partial charge in [0.2, 0.25) is 0 Å². The predicted octanol–water partition coefficient (Wildman–Crippen LogP) is 3.97. The Labute approximate surface area is 163 Å². The molecule has 0 fully saturated rings. The van der Waals surface area contributed by atoms with E-state index in [0.717, 1.165) is 12.3 Å². The molecule has 0 unspecified atom stereocenters. The van der Waals surface area contributed by atoms with Crippen molar-refractivity contribution < 1.29 is 22.3 Å². The van der Waals surface area contributed by atoms with Crippen LogP contribution in [-0.4, -0.2) is 28.1 Å². The van der Waals surface area contributed by atoms with Crippen molar-refractivity contribution in [1.29, 1.82) is 0 Å². The molecule has 1 aromatic heterocycles. The molecule has 0 radical (unpaired) electrons. The molecule has 2 aromatic rings. The van der Waals surface area contributed by atoms with Crippen LogP contribution >= 0.6 is 11.6 Å². The van der Waals surface area contributed by atoms with Gasteiger partial charge in [-0.05, 0) is 32.0 Å². The van der Waals surface area contributed by atoms with Crippen molar-refractivity contribution in [3.05, 3.63) is 46.5 Å². The van der Waals surface area contributed by atoms with Gasteiger partial charge in [-0.25, -0.2) is 18.5 Å². The normalized spacial score (nSPS) is 24.8. The quantitative estimate of drug-likeness (QED) is 0.719. The van der Waals surface area contributed by atoms with Crippen molar-refractivity contribution in [1.82, 2.24) is 9.78 Å². The first kappa shape index (κ1) is 20.2. The lowest BCUT2D eigenvalue weighted by atomic mass is 9.78. The number of aromatic nitrogens is 2. The van der Waals surface area contributed by atoms with Gasteiger partial charge in [-0.15, -0.1) is 0 Å². The highest BCUT2D eigenvalue weighted by Gasteiger charge is 2.51. The maximum Gasteiger partial charge on any atom is 0.333 e. The predicted molar refractivity (Wildman–Crippen MR) is 96.7 cm³/mol. The molecule has 2 heterocycles. The van der Waals surface area contributed by atoms with Crippen molar-refractivity contribution in [3.63, 3.8) is 0 Å². The average molecular weight is 420 g/mol. The van der Waals surface area contributed by atoms with E-state index in [1.54, 1.807) is 0 Å². The molecule has 0 bridgehead atoms. The number of ether oxygens (including phenoxy) is 1. The molecule has 2 atom stereocenters. The van der Waals surface area contributed by atoms with Crippen LogP contribution in [0.5, 0.6) is 0 Å². The van der Waals surface area contributed by atoms with Crippen molar-refractivity contribution in [3.8, 4) is 0 Å². The standard InChI is InChI=1S/C17H18ClF4N5O/c1-16(22)8-28-15(23)25-17(16,2)10-5-9(3-4-12(10)19)24-6-13-11(18)7-27(26-13)14(20)21/h3-5,7,14,24H,6,8H2,1-2H3,(H2,23,25)/t16-,17+/m0/s1. The van der Waals surface area contributed by atoms with Gasteiger partial charge in [0.1, 0.15) is 23.7 Å². The molecule has 1 aliphatic rings. The van der Waals surface area contributed by atoms with Gasteiger partial charge in [-0.1, -0.05) is 11.6 Å². The van der Waals surface area contributed by atoms with Crippen molar-refractivity contribution in [2.75, 3.05) is 11.9 Å². The van der Waals surface area contributed by atoms with Crippen LogP contribution in [0.1, 0.15) is 31.7 Å². The topological polar surface area (TPSA) is 77.5 Å². The van der Waals surface area contributed by atoms with Gasteiger partial charge in [-0.3, -0.25) is 0 Å². The molecule has 28 heavy (non-hydrogen) atoms. The minimum absolute atomic E-state index is 0.00174. The Morgan fingerprint density at radius 2 is 2.11 bits per heavy atom. The number of nitrogens with two attached hydrogens (primary N) is 1. The van der Waals surface area contributed by atoms with Crippen LogP contribution in [-0.2, 0) is 16.8 Å². The summed E-state index contributed by atoms with van der Waals surface area (Å²) in [5, 5.41) is 6.65. The Hall–Kier alpha value is -2.49. The van der Waals surface area contributed by atoms with Gasteiger partial charge in [0, 0.05) is 17.4 Å². The molecule has 0 aliphatic carbocycles. The fraction of sp³-hybridized carbons (Fsp3) is 0.412. The minimum Gasteiger partial charge on any atom is -0.462 e. The fourth-order valence-corrected chi connectivity index (χ4v) is 3.09. The molecule has 0 spiro atoms. The SMILES string of the molecule is C[C@]1(F)COC(N)=N[C@]1(C)c1cc(NCc2nn(C(F)F)cc2Cl)ccc1F. The number of benzene rings is 1. The third-order valence-corrected chi connectivity index (χ3v) is 5.06. The zero-order valence-electron chi connectivity index (χ0n) is 15.0. The van der Waals surface area contributed by atoms with Crippen molar-refractivity contribution >= 4 is 23.3 Å². The third kappa shape index (κ3) is 3.60. The minimum atomic E-state index is -2.82. The number of amidine groups is 1. The maximum absolute atomic E-state index is 15.1. The first-order chi connectivity index (χ1) is 13.0. The molecule has 11 heteroatoms. The highest BCUT2D eigenvalue weighted by Crippen LogP contribution is 2.43. The average Bonchev–Trinajstić information content (AvgIpc) is 2.99. The van der Waals surface area contributed by atoms with Crippen LogP contribution in [0.15, 0.2) is 29.4 Å². The highest BCUT2D eigenvalue weighted by molar-refractivity contribution is 6.31. The van der Waals surface area contributed by atoms with E-state index < -0.39 is 23.6 Å². The van der Waals surface area contributed by atoms with E-state index >= 15 is 4.39 Å². The summed E-state index contributed by atoms with van der Waals surface area (Å²) in [6.07, 6.45) is 1.01. The molecule has 152 valence electrons. The lowest BCUT2D eigenvalue weighted by Gasteiger charge is -2.40. The number of nitrogens with one attached hydrogen (secondary N) is 1. The van der Waals surface area contributed by atoms with E-state index in [1.807, 2.05) is 0 Å². The molecule has 6 nitrogen and oxygen atoms in total. The van der Waals surface area contributed by atoms with Crippen LogP contribution in [0.25, 0.3) is 0 Å². The van der Waals surface area contributed by atoms with E-state index in [9.17, 15) is 13.2 Å². The summed E-state index contributed by atoms with van der Waals surface area (Å²) in [6.45, 7) is -0.522. The van der Waals surface area contributed by atoms with Gasteiger partial charge < -0.3 is 15.8 Å². The van der Waals surface area contributed by atoms with Crippen molar-refractivity contribution in [2.45, 2.75) is 38.1 Å². The summed E-state index contributed by atoms with van der Waals surface area (Å²) < 4.78 is 60.4. The third-order valence-electron chi connectivity index (χ3n) is 4.75. The molecule has 0 amide bonds. The molecule has 3 N–H and O–H groups in total. The lowest BCUT2D eigenvalue weighted by molar-refractivity contribution is 0.00403. The van der Waals surface area contributed by atoms with E-state index in [2.05, 4.69) is 15.4 Å². The Morgan fingerprint density at radius 3 is 2.75 bits per heavy atom. The van der Waals surface area contributed by atoms with Gasteiger partial charge in [-0.2, -0.15) is 13.9 Å². The fourth-order valence-electron chi connectivity index (χ4n) is 2.88. The molecule has 1 aromatic carbocycles. The second-order valence-corrected chi connectivity index (χ2v) is 7.15. The summed E-state index contributed by atoms with van der Waals surface area (Å²) in [6, 6.07) is 3.72. The van der Waals surface area contributed by atoms with Crippen LogP contribution < -0.4 is 11.1 Å². The Morgan fingerprint density at radius 1 is 1.39 bits per heavy atom. The summed E-state index contributed by atoms with van der Waals surface area (Å²) in [7, 11) is 0. The smallest absolute Gasteiger partial charge is 0.333 e. The van der Waals surface area contributed by atoms with E-state index in [4.69, 9.17) is 22.1 Å². The van der Waals surface area contributed by atoms with Crippen LogP contribution in [0.4, 0.5) is 23.2 Å². The van der Waals surface area contributed by atoms with Crippen LogP contribution in [0.2, 0.25) is 5.02 Å². The molecular formula is C17H18ClF4N5O. The zero-order valence-corrected chi connectivity index (χ0v) is 15.8. The molecule has 0 saturated heterocycles. The highest BCUT2D eigenvalue weighted by atomic mass is 35.5. The maximum atomic E-state index is 15.1. The Bertz CT molecular complexity index is 917. The number of rotatable bonds is 5. The van der Waals surface area contributed by atoms with E-state index in [0.29, 0.717) is 10.4 Å². The first-order valence-corrected chi connectivity index (χ1v) is 8.64. The number of hydrogen-bond acceptors (Lipinski definition) is 5. The second kappa shape index (κ2) is 7.16. The summed E-state index contributed by atoms with van der Waals surface area (Å²) in [5.41, 5.74) is 2.49. The van der Waals surface area contributed by atoms with Crippen molar-refractivity contribution in [2.24, 2.45) is 10.7 Å². The molecule has 1 aliphatic heterocycles. The number of aliphatic imine (C=N–C) groups is 1. The summed E-state index contributed by atoms with van der Waals surface area (Å²) in [4.78, 5) is 4.00. The number of anilines is 1. The van der Waals surface area contributed by atoms with Gasteiger partial charge in [0.25, 0.3) is 6.02 Å². The Kier molecular flexibility index (Phi) is 5.18. The molecule has 0 saturated carbocycles. The number of halogens is 5. The summed E-state index contributed by atoms with van der Waals surface area (Å²) >= 11 is 5.90. The zero-order chi connectivity index (χ0) is 20.7. The first-order valence-electron chi connectivity index (χ1n) is 8.26. The lowest BCUT2D eigenvalue weighted by Crippen LogP contribution is -2.52. The molecular weight excluding hydrogens is 402 g/mol. The van der Waals surface area contributed by atoms with Crippen LogP contribution in [0.3, 0.4) is 0 Å². The van der Waals surface area contributed by atoms with Gasteiger partial charge in [0.15, 0.2) is 5.67 Å². The second-order valence-electron chi connectivity index (χ2n) is 6.74. The number of nitrogens with zero attached hydrogens (tertiary/aromatic N) is 3. The van der Waals surface area contributed by atoms with Gasteiger partial charge in [0.05, 0.1) is 11.6 Å².